The van der Waals surface area contributed by atoms with Crippen LogP contribution in [0.1, 0.15) is 23.6 Å². The number of alkyl halides is 1. The molecule has 1 unspecified atom stereocenters. The highest BCUT2D eigenvalue weighted by Crippen LogP contribution is 2.44. The number of piperazine rings is 1. The first-order valence-corrected chi connectivity index (χ1v) is 12.4. The number of halogens is 2. The summed E-state index contributed by atoms with van der Waals surface area (Å²) in [6.07, 6.45) is 0. The fourth-order valence-electron chi connectivity index (χ4n) is 4.53. The maximum Gasteiger partial charge on any atom is 0.247 e. The number of hydrogen-bond donors (Lipinski definition) is 1. The van der Waals surface area contributed by atoms with E-state index in [0.717, 1.165) is 16.8 Å². The van der Waals surface area contributed by atoms with Crippen molar-refractivity contribution in [3.63, 3.8) is 0 Å². The highest BCUT2D eigenvalue weighted by atomic mass is 35.5. The predicted molar refractivity (Wildman–Crippen MR) is 141 cm³/mol. The van der Waals surface area contributed by atoms with Crippen molar-refractivity contribution < 1.29 is 14.3 Å². The second kappa shape index (κ2) is 9.88. The van der Waals surface area contributed by atoms with Gasteiger partial charge >= 0.3 is 0 Å². The molecule has 1 N–H and O–H groups in total. The smallest absolute Gasteiger partial charge is 0.247 e. The van der Waals surface area contributed by atoms with Gasteiger partial charge in [-0.1, -0.05) is 83.9 Å². The summed E-state index contributed by atoms with van der Waals surface area (Å²) >= 11 is 13.3. The van der Waals surface area contributed by atoms with Gasteiger partial charge in [0, 0.05) is 22.8 Å². The Kier molecular flexibility index (Phi) is 6.65. The zero-order chi connectivity index (χ0) is 25.3. The van der Waals surface area contributed by atoms with E-state index in [1.807, 2.05) is 66.7 Å². The van der Waals surface area contributed by atoms with E-state index in [1.165, 1.54) is 4.90 Å². The van der Waals surface area contributed by atoms with Crippen molar-refractivity contribution in [3.05, 3.63) is 106 Å². The van der Waals surface area contributed by atoms with E-state index in [2.05, 4.69) is 5.32 Å². The Morgan fingerprint density at radius 2 is 1.58 bits per heavy atom. The van der Waals surface area contributed by atoms with Crippen LogP contribution in [0.25, 0.3) is 5.76 Å². The summed E-state index contributed by atoms with van der Waals surface area (Å²) in [4.78, 5) is 28.4. The first-order valence-electron chi connectivity index (χ1n) is 11.6. The number of nitrogens with zero attached hydrogens (tertiary/aromatic N) is 2. The van der Waals surface area contributed by atoms with Gasteiger partial charge in [-0.25, -0.2) is 0 Å². The van der Waals surface area contributed by atoms with Gasteiger partial charge in [-0.15, -0.1) is 0 Å². The van der Waals surface area contributed by atoms with Crippen LogP contribution in [-0.2, 0) is 27.5 Å². The minimum Gasteiger partial charge on any atom is -0.486 e. The summed E-state index contributed by atoms with van der Waals surface area (Å²) in [5, 5.41) is 3.79. The summed E-state index contributed by atoms with van der Waals surface area (Å²) < 4.78 is 6.34. The van der Waals surface area contributed by atoms with Crippen molar-refractivity contribution in [1.82, 2.24) is 9.80 Å². The Bertz CT molecular complexity index is 1330. The van der Waals surface area contributed by atoms with Gasteiger partial charge < -0.3 is 15.0 Å². The molecule has 2 aliphatic rings. The molecule has 36 heavy (non-hydrogen) atoms. The molecule has 3 aromatic rings. The van der Waals surface area contributed by atoms with Gasteiger partial charge in [0.1, 0.15) is 25.4 Å². The molecular formula is C28H25Cl2N3O3. The van der Waals surface area contributed by atoms with Crippen LogP contribution in [-0.4, -0.2) is 39.7 Å². The monoisotopic (exact) mass is 521 g/mol. The van der Waals surface area contributed by atoms with Gasteiger partial charge in [-0.3, -0.25) is 14.5 Å². The standard InChI is InChI=1S/C28H25Cl2N3O3/c1-28(30)27(33-17-24(34)32(16-25(33)35)15-19-8-4-2-5-9-19)26(36-18-20-10-6-3-7-11-20)22-14-21(29)12-13-23(22)31-28/h2-14,31H,15-18H2,1H3. The molecule has 1 fully saturated rings. The molecule has 0 bridgehead atoms. The van der Waals surface area contributed by atoms with Gasteiger partial charge in [-0.05, 0) is 36.2 Å². The average Bonchev–Trinajstić information content (AvgIpc) is 2.86. The molecule has 0 spiro atoms. The number of benzene rings is 3. The largest absolute Gasteiger partial charge is 0.486 e. The van der Waals surface area contributed by atoms with Crippen LogP contribution in [0.15, 0.2) is 84.6 Å². The summed E-state index contributed by atoms with van der Waals surface area (Å²) in [5.41, 5.74) is 3.72. The van der Waals surface area contributed by atoms with E-state index in [0.29, 0.717) is 28.6 Å². The minimum absolute atomic E-state index is 0.0570. The van der Waals surface area contributed by atoms with Crippen LogP contribution in [0, 0.1) is 0 Å². The Morgan fingerprint density at radius 3 is 2.28 bits per heavy atom. The first-order chi connectivity index (χ1) is 17.3. The molecule has 0 saturated carbocycles. The number of carbonyl (C=O) groups is 2. The molecule has 1 atom stereocenters. The van der Waals surface area contributed by atoms with Crippen molar-refractivity contribution in [2.24, 2.45) is 0 Å². The molecule has 2 heterocycles. The zero-order valence-electron chi connectivity index (χ0n) is 19.7. The molecule has 2 amide bonds. The van der Waals surface area contributed by atoms with Gasteiger partial charge in [0.15, 0.2) is 10.8 Å². The van der Waals surface area contributed by atoms with Gasteiger partial charge in [0.2, 0.25) is 11.8 Å². The number of carbonyl (C=O) groups excluding carboxylic acids is 2. The topological polar surface area (TPSA) is 61.9 Å². The van der Waals surface area contributed by atoms with Crippen molar-refractivity contribution in [2.45, 2.75) is 25.1 Å². The number of hydrogen-bond acceptors (Lipinski definition) is 4. The summed E-state index contributed by atoms with van der Waals surface area (Å²) in [6.45, 7) is 2.18. The van der Waals surface area contributed by atoms with E-state index in [9.17, 15) is 9.59 Å². The zero-order valence-corrected chi connectivity index (χ0v) is 21.2. The molecule has 3 aromatic carbocycles. The normalized spacial score (nSPS) is 19.8. The summed E-state index contributed by atoms with van der Waals surface area (Å²) in [5.74, 6) is 0.0171. The Balaban J connectivity index is 1.51. The van der Waals surface area contributed by atoms with Crippen LogP contribution in [0.3, 0.4) is 0 Å². The van der Waals surface area contributed by atoms with Crippen molar-refractivity contribution >= 4 is 46.5 Å². The lowest BCUT2D eigenvalue weighted by atomic mass is 9.98. The third kappa shape index (κ3) is 4.92. The molecule has 0 aliphatic carbocycles. The van der Waals surface area contributed by atoms with Gasteiger partial charge in [0.05, 0.1) is 0 Å². The molecule has 1 saturated heterocycles. The van der Waals surface area contributed by atoms with Gasteiger partial charge in [-0.2, -0.15) is 0 Å². The fourth-order valence-corrected chi connectivity index (χ4v) is 4.99. The quantitative estimate of drug-likeness (QED) is 0.344. The lowest BCUT2D eigenvalue weighted by Gasteiger charge is -2.43. The van der Waals surface area contributed by atoms with E-state index in [4.69, 9.17) is 27.9 Å². The summed E-state index contributed by atoms with van der Waals surface area (Å²) in [7, 11) is 0. The van der Waals surface area contributed by atoms with Crippen LogP contribution in [0.5, 0.6) is 0 Å². The van der Waals surface area contributed by atoms with Crippen molar-refractivity contribution in [2.75, 3.05) is 18.4 Å². The number of anilines is 1. The SMILES string of the molecule is CC1(Cl)Nc2ccc(Cl)cc2C(OCc2ccccc2)=C1N1CC(=O)N(Cc2ccccc2)CC1=O. The number of nitrogens with one attached hydrogen (secondary N) is 1. The molecule has 8 heteroatoms. The maximum absolute atomic E-state index is 13.5. The number of amides is 2. The van der Waals surface area contributed by atoms with E-state index in [1.54, 1.807) is 24.0 Å². The lowest BCUT2D eigenvalue weighted by molar-refractivity contribution is -0.149. The highest BCUT2D eigenvalue weighted by molar-refractivity contribution is 6.31. The third-order valence-electron chi connectivity index (χ3n) is 6.24. The second-order valence-electron chi connectivity index (χ2n) is 8.99. The second-order valence-corrected chi connectivity index (χ2v) is 10.2. The number of fused-ring (bicyclic) bond motifs is 1. The van der Waals surface area contributed by atoms with E-state index < -0.39 is 5.00 Å². The van der Waals surface area contributed by atoms with Crippen LogP contribution < -0.4 is 5.32 Å². The van der Waals surface area contributed by atoms with E-state index >= 15 is 0 Å². The molecule has 0 radical (unpaired) electrons. The van der Waals surface area contributed by atoms with Crippen molar-refractivity contribution in [3.8, 4) is 0 Å². The Labute approximate surface area is 220 Å². The van der Waals surface area contributed by atoms with Gasteiger partial charge in [0.25, 0.3) is 0 Å². The summed E-state index contributed by atoms with van der Waals surface area (Å²) in [6, 6.07) is 24.7. The third-order valence-corrected chi connectivity index (χ3v) is 6.75. The highest BCUT2D eigenvalue weighted by Gasteiger charge is 2.44. The predicted octanol–water partition coefficient (Wildman–Crippen LogP) is 5.48. The molecular weight excluding hydrogens is 497 g/mol. The van der Waals surface area contributed by atoms with Crippen LogP contribution in [0.2, 0.25) is 5.02 Å². The molecule has 5 rings (SSSR count). The maximum atomic E-state index is 13.5. The number of ether oxygens (including phenoxy) is 1. The fraction of sp³-hybridized carbons (Fsp3) is 0.214. The average molecular weight is 522 g/mol. The molecule has 0 aromatic heterocycles. The number of rotatable bonds is 6. The van der Waals surface area contributed by atoms with Crippen LogP contribution >= 0.6 is 23.2 Å². The van der Waals surface area contributed by atoms with Crippen molar-refractivity contribution in [1.29, 1.82) is 0 Å². The molecule has 2 aliphatic heterocycles. The molecule has 6 nitrogen and oxygen atoms in total. The first kappa shape index (κ1) is 24.2. The van der Waals surface area contributed by atoms with Crippen LogP contribution in [0.4, 0.5) is 5.69 Å². The minimum atomic E-state index is -1.20. The Hall–Kier alpha value is -3.48. The van der Waals surface area contributed by atoms with E-state index in [-0.39, 0.29) is 31.5 Å². The molecule has 184 valence electrons. The Morgan fingerprint density at radius 1 is 0.917 bits per heavy atom. The lowest BCUT2D eigenvalue weighted by Crippen LogP contribution is -2.56.